The van der Waals surface area contributed by atoms with Gasteiger partial charge in [-0.1, -0.05) is 12.2 Å². The molecule has 0 rings (SSSR count). The van der Waals surface area contributed by atoms with Crippen molar-refractivity contribution in [3.63, 3.8) is 0 Å². The zero-order valence-electron chi connectivity index (χ0n) is 4.27. The van der Waals surface area contributed by atoms with Crippen molar-refractivity contribution in [1.29, 1.82) is 0 Å². The molecule has 2 N–H and O–H groups in total. The smallest absolute Gasteiger partial charge is 0.0722 e. The number of thiocarbonyl (C=S) groups is 1. The van der Waals surface area contributed by atoms with E-state index in [2.05, 4.69) is 17.5 Å². The summed E-state index contributed by atoms with van der Waals surface area (Å²) in [5.41, 5.74) is 0. The zero-order valence-corrected chi connectivity index (χ0v) is 5.09. The molecule has 3 heteroatoms. The van der Waals surface area contributed by atoms with Gasteiger partial charge in [-0.15, -0.1) is 0 Å². The fourth-order valence-electron chi connectivity index (χ4n) is 0.232. The van der Waals surface area contributed by atoms with Crippen LogP contribution in [0.15, 0.2) is 0 Å². The van der Waals surface area contributed by atoms with Gasteiger partial charge >= 0.3 is 0 Å². The van der Waals surface area contributed by atoms with E-state index >= 15 is 0 Å². The molecular weight excluding hydrogens is 110 g/mol. The molecule has 0 aromatic heterocycles. The van der Waals surface area contributed by atoms with Gasteiger partial charge in [-0.25, -0.2) is 0 Å². The van der Waals surface area contributed by atoms with Crippen LogP contribution in [0.4, 0.5) is 0 Å². The van der Waals surface area contributed by atoms with Crippen molar-refractivity contribution in [2.45, 2.75) is 6.92 Å². The largest absolute Gasteiger partial charge is 0.395 e. The molecule has 0 aromatic carbocycles. The Morgan fingerprint density at radius 3 is 2.57 bits per heavy atom. The first-order valence-electron chi connectivity index (χ1n) is 2.12. The highest BCUT2D eigenvalue weighted by Gasteiger charge is 1.79. The standard InChI is InChI=1S/C4H9NOS/c1-4(7)5-2-3-6/h6H,2-3H2,1H3,(H,5,7). The van der Waals surface area contributed by atoms with Crippen molar-refractivity contribution in [3.8, 4) is 0 Å². The molecule has 0 atom stereocenters. The molecule has 0 unspecified atom stereocenters. The van der Waals surface area contributed by atoms with Crippen LogP contribution in [0.5, 0.6) is 0 Å². The fourth-order valence-corrected chi connectivity index (χ4v) is 0.334. The molecule has 42 valence electrons. The third-order valence-corrected chi connectivity index (χ3v) is 0.630. The Bertz CT molecular complexity index is 64.7. The maximum absolute atomic E-state index is 8.19. The summed E-state index contributed by atoms with van der Waals surface area (Å²) in [4.78, 5) is 0.731. The summed E-state index contributed by atoms with van der Waals surface area (Å²) in [6.07, 6.45) is 0. The monoisotopic (exact) mass is 119 g/mol. The van der Waals surface area contributed by atoms with Crippen molar-refractivity contribution >= 4 is 17.2 Å². The fraction of sp³-hybridized carbons (Fsp3) is 0.750. The molecule has 0 radical (unpaired) electrons. The van der Waals surface area contributed by atoms with E-state index in [0.29, 0.717) is 6.54 Å². The van der Waals surface area contributed by atoms with Crippen LogP contribution in [0.1, 0.15) is 6.92 Å². The van der Waals surface area contributed by atoms with E-state index in [1.54, 1.807) is 6.92 Å². The average molecular weight is 119 g/mol. The predicted molar refractivity (Wildman–Crippen MR) is 33.4 cm³/mol. The van der Waals surface area contributed by atoms with E-state index in [0.717, 1.165) is 4.99 Å². The quantitative estimate of drug-likeness (QED) is 0.498. The average Bonchev–Trinajstić information content (AvgIpc) is 1.61. The predicted octanol–water partition coefficient (Wildman–Crippen LogP) is -0.0844. The van der Waals surface area contributed by atoms with Crippen LogP contribution < -0.4 is 5.32 Å². The van der Waals surface area contributed by atoms with Crippen LogP contribution in [0, 0.1) is 0 Å². The summed E-state index contributed by atoms with van der Waals surface area (Å²) in [6.45, 7) is 2.49. The number of hydrogen-bond donors (Lipinski definition) is 2. The lowest BCUT2D eigenvalue weighted by Crippen LogP contribution is -2.21. The van der Waals surface area contributed by atoms with Crippen molar-refractivity contribution in [2.24, 2.45) is 0 Å². The number of rotatable bonds is 2. The lowest BCUT2D eigenvalue weighted by Gasteiger charge is -1.96. The van der Waals surface area contributed by atoms with Gasteiger partial charge in [0.25, 0.3) is 0 Å². The molecule has 0 aliphatic rings. The molecule has 0 saturated heterocycles. The Morgan fingerprint density at radius 2 is 2.43 bits per heavy atom. The van der Waals surface area contributed by atoms with Gasteiger partial charge in [0.15, 0.2) is 0 Å². The third kappa shape index (κ3) is 5.85. The molecule has 2 nitrogen and oxygen atoms in total. The van der Waals surface area contributed by atoms with Crippen LogP contribution >= 0.6 is 12.2 Å². The molecule has 7 heavy (non-hydrogen) atoms. The molecule has 0 spiro atoms. The van der Waals surface area contributed by atoms with Gasteiger partial charge in [-0.05, 0) is 6.92 Å². The first-order valence-corrected chi connectivity index (χ1v) is 2.53. The van der Waals surface area contributed by atoms with Gasteiger partial charge in [-0.3, -0.25) is 0 Å². The van der Waals surface area contributed by atoms with Gasteiger partial charge in [-0.2, -0.15) is 0 Å². The molecule has 0 fully saturated rings. The Balaban J connectivity index is 2.82. The highest BCUT2D eigenvalue weighted by Crippen LogP contribution is 1.63. The number of nitrogens with one attached hydrogen (secondary N) is 1. The summed E-state index contributed by atoms with van der Waals surface area (Å²) in [5, 5.41) is 11.0. The first-order chi connectivity index (χ1) is 3.27. The molecule has 0 aromatic rings. The molecule has 0 saturated carbocycles. The summed E-state index contributed by atoms with van der Waals surface area (Å²) in [7, 11) is 0. The number of aliphatic hydroxyl groups is 1. The summed E-state index contributed by atoms with van der Waals surface area (Å²) in [5.74, 6) is 0. The zero-order chi connectivity index (χ0) is 5.70. The molecule has 0 aliphatic heterocycles. The van der Waals surface area contributed by atoms with E-state index in [9.17, 15) is 0 Å². The SMILES string of the molecule is CC(=S)NCCO. The highest BCUT2D eigenvalue weighted by atomic mass is 32.1. The normalized spacial score (nSPS) is 8.29. The van der Waals surface area contributed by atoms with E-state index in [4.69, 9.17) is 5.11 Å². The van der Waals surface area contributed by atoms with E-state index in [-0.39, 0.29) is 6.61 Å². The minimum Gasteiger partial charge on any atom is -0.395 e. The highest BCUT2D eigenvalue weighted by molar-refractivity contribution is 7.80. The molecule has 0 amide bonds. The Labute approximate surface area is 48.5 Å². The second kappa shape index (κ2) is 4.02. The van der Waals surface area contributed by atoms with Gasteiger partial charge in [0.05, 0.1) is 11.6 Å². The van der Waals surface area contributed by atoms with Crippen molar-refractivity contribution in [3.05, 3.63) is 0 Å². The second-order valence-corrected chi connectivity index (χ2v) is 1.82. The van der Waals surface area contributed by atoms with Crippen LogP contribution in [0.2, 0.25) is 0 Å². The van der Waals surface area contributed by atoms with Gasteiger partial charge < -0.3 is 10.4 Å². The second-order valence-electron chi connectivity index (χ2n) is 1.21. The first kappa shape index (κ1) is 6.85. The van der Waals surface area contributed by atoms with Crippen molar-refractivity contribution in [2.75, 3.05) is 13.2 Å². The summed E-state index contributed by atoms with van der Waals surface area (Å²) >= 11 is 4.64. The van der Waals surface area contributed by atoms with Gasteiger partial charge in [0.2, 0.25) is 0 Å². The van der Waals surface area contributed by atoms with Gasteiger partial charge in [0.1, 0.15) is 0 Å². The number of hydrogen-bond acceptors (Lipinski definition) is 2. The third-order valence-electron chi connectivity index (χ3n) is 0.486. The Hall–Kier alpha value is -0.150. The topological polar surface area (TPSA) is 32.3 Å². The maximum Gasteiger partial charge on any atom is 0.0722 e. The van der Waals surface area contributed by atoms with Crippen LogP contribution in [0.25, 0.3) is 0 Å². The maximum atomic E-state index is 8.19. The van der Waals surface area contributed by atoms with Crippen molar-refractivity contribution in [1.82, 2.24) is 5.32 Å². The minimum atomic E-state index is 0.147. The molecule has 0 aliphatic carbocycles. The lowest BCUT2D eigenvalue weighted by atomic mass is 10.6. The Morgan fingerprint density at radius 1 is 1.86 bits per heavy atom. The van der Waals surface area contributed by atoms with E-state index < -0.39 is 0 Å². The summed E-state index contributed by atoms with van der Waals surface area (Å²) < 4.78 is 0. The van der Waals surface area contributed by atoms with E-state index in [1.807, 2.05) is 0 Å². The van der Waals surface area contributed by atoms with Crippen molar-refractivity contribution < 1.29 is 5.11 Å². The van der Waals surface area contributed by atoms with Crippen LogP contribution in [0.3, 0.4) is 0 Å². The molecule has 0 heterocycles. The Kier molecular flexibility index (Phi) is 3.93. The summed E-state index contributed by atoms with van der Waals surface area (Å²) in [6, 6.07) is 0. The van der Waals surface area contributed by atoms with Crippen LogP contribution in [-0.4, -0.2) is 23.2 Å². The minimum absolute atomic E-state index is 0.147. The molecular formula is C4H9NOS. The van der Waals surface area contributed by atoms with E-state index in [1.165, 1.54) is 0 Å². The van der Waals surface area contributed by atoms with Crippen LogP contribution in [-0.2, 0) is 0 Å². The lowest BCUT2D eigenvalue weighted by molar-refractivity contribution is 0.300. The number of aliphatic hydroxyl groups excluding tert-OH is 1. The van der Waals surface area contributed by atoms with Gasteiger partial charge in [0, 0.05) is 6.54 Å². The molecule has 0 bridgehead atoms.